The second kappa shape index (κ2) is 8.26. The number of benzene rings is 2. The van der Waals surface area contributed by atoms with Gasteiger partial charge in [-0.25, -0.2) is 4.39 Å². The van der Waals surface area contributed by atoms with Gasteiger partial charge >= 0.3 is 0 Å². The number of carbonyl (C=O) groups is 1. The van der Waals surface area contributed by atoms with E-state index in [2.05, 4.69) is 20.4 Å². The molecule has 6 nitrogen and oxygen atoms in total. The lowest BCUT2D eigenvalue weighted by Gasteiger charge is -2.36. The number of nitrogens with one attached hydrogen (secondary N) is 1. The van der Waals surface area contributed by atoms with Crippen LogP contribution in [0.3, 0.4) is 0 Å². The number of rotatable bonds is 4. The van der Waals surface area contributed by atoms with Crippen LogP contribution in [0.1, 0.15) is 16.1 Å². The molecule has 2 heterocycles. The fraction of sp³-hybridized carbons (Fsp3) is 0.227. The molecule has 0 spiro atoms. The van der Waals surface area contributed by atoms with Crippen LogP contribution in [0.4, 0.5) is 21.6 Å². The molecule has 0 atom stereocenters. The molecule has 0 aliphatic carbocycles. The number of anilines is 3. The summed E-state index contributed by atoms with van der Waals surface area (Å²) in [4.78, 5) is 16.5. The molecule has 0 radical (unpaired) electrons. The van der Waals surface area contributed by atoms with E-state index in [1.165, 1.54) is 6.07 Å². The van der Waals surface area contributed by atoms with Crippen LogP contribution in [-0.4, -0.2) is 42.3 Å². The van der Waals surface area contributed by atoms with E-state index in [9.17, 15) is 9.18 Å². The summed E-state index contributed by atoms with van der Waals surface area (Å²) in [5, 5.41) is 11.2. The van der Waals surface area contributed by atoms with Gasteiger partial charge in [0.15, 0.2) is 11.5 Å². The largest absolute Gasteiger partial charge is 0.366 e. The predicted molar refractivity (Wildman–Crippen MR) is 112 cm³/mol. The van der Waals surface area contributed by atoms with Crippen molar-refractivity contribution in [3.63, 3.8) is 0 Å². The summed E-state index contributed by atoms with van der Waals surface area (Å²) in [5.41, 5.74) is 2.63. The summed E-state index contributed by atoms with van der Waals surface area (Å²) < 4.78 is 14.0. The third-order valence-corrected chi connectivity index (χ3v) is 5.07. The number of halogens is 1. The van der Waals surface area contributed by atoms with E-state index in [0.717, 1.165) is 11.3 Å². The molecule has 1 fully saturated rings. The molecule has 1 aliphatic rings. The standard InChI is InChI=1S/C22H22FN5O/c1-16-6-2-4-8-18(16)24-22(29)19-10-11-21(26-25-19)28-14-12-27(13-15-28)20-9-5-3-7-17(20)23/h2-11H,12-15H2,1H3,(H,24,29). The number of amides is 1. The summed E-state index contributed by atoms with van der Waals surface area (Å²) in [6.07, 6.45) is 0. The summed E-state index contributed by atoms with van der Waals surface area (Å²) >= 11 is 0. The van der Waals surface area contributed by atoms with Gasteiger partial charge in [0.1, 0.15) is 5.82 Å². The van der Waals surface area contributed by atoms with Crippen LogP contribution in [0.25, 0.3) is 0 Å². The van der Waals surface area contributed by atoms with E-state index in [-0.39, 0.29) is 17.4 Å². The first kappa shape index (κ1) is 18.9. The molecule has 1 saturated heterocycles. The molecule has 0 unspecified atom stereocenters. The summed E-state index contributed by atoms with van der Waals surface area (Å²) in [5.74, 6) is 0.220. The second-order valence-corrected chi connectivity index (χ2v) is 6.97. The highest BCUT2D eigenvalue weighted by Gasteiger charge is 2.21. The molecule has 1 aliphatic heterocycles. The smallest absolute Gasteiger partial charge is 0.276 e. The predicted octanol–water partition coefficient (Wildman–Crippen LogP) is 3.50. The molecular formula is C22H22FN5O. The van der Waals surface area contributed by atoms with Crippen molar-refractivity contribution in [2.45, 2.75) is 6.92 Å². The number of hydrogen-bond donors (Lipinski definition) is 1. The first-order chi connectivity index (χ1) is 14.1. The number of para-hydroxylation sites is 2. The Morgan fingerprint density at radius 3 is 2.28 bits per heavy atom. The van der Waals surface area contributed by atoms with Gasteiger partial charge in [-0.05, 0) is 42.8 Å². The summed E-state index contributed by atoms with van der Waals surface area (Å²) in [7, 11) is 0. The van der Waals surface area contributed by atoms with Crippen molar-refractivity contribution < 1.29 is 9.18 Å². The molecule has 1 amide bonds. The van der Waals surface area contributed by atoms with E-state index >= 15 is 0 Å². The fourth-order valence-corrected chi connectivity index (χ4v) is 3.40. The van der Waals surface area contributed by atoms with E-state index in [1.54, 1.807) is 24.3 Å². The van der Waals surface area contributed by atoms with Crippen LogP contribution in [-0.2, 0) is 0 Å². The van der Waals surface area contributed by atoms with Crippen LogP contribution < -0.4 is 15.1 Å². The van der Waals surface area contributed by atoms with Gasteiger partial charge < -0.3 is 15.1 Å². The van der Waals surface area contributed by atoms with Crippen molar-refractivity contribution in [2.75, 3.05) is 41.3 Å². The molecule has 0 bridgehead atoms. The molecule has 29 heavy (non-hydrogen) atoms. The van der Waals surface area contributed by atoms with Crippen LogP contribution in [0, 0.1) is 12.7 Å². The van der Waals surface area contributed by atoms with Gasteiger partial charge in [-0.3, -0.25) is 4.79 Å². The Labute approximate surface area is 169 Å². The number of piperazine rings is 1. The maximum absolute atomic E-state index is 14.0. The Morgan fingerprint density at radius 2 is 1.59 bits per heavy atom. The van der Waals surface area contributed by atoms with E-state index in [1.807, 2.05) is 42.2 Å². The highest BCUT2D eigenvalue weighted by molar-refractivity contribution is 6.03. The van der Waals surface area contributed by atoms with E-state index < -0.39 is 0 Å². The minimum absolute atomic E-state index is 0.204. The highest BCUT2D eigenvalue weighted by atomic mass is 19.1. The number of carbonyl (C=O) groups excluding carboxylic acids is 1. The molecule has 3 aromatic rings. The molecule has 0 saturated carbocycles. The quantitative estimate of drug-likeness (QED) is 0.738. The molecule has 7 heteroatoms. The fourth-order valence-electron chi connectivity index (χ4n) is 3.40. The number of hydrogen-bond acceptors (Lipinski definition) is 5. The topological polar surface area (TPSA) is 61.4 Å². The molecule has 4 rings (SSSR count). The molecule has 1 N–H and O–H groups in total. The zero-order chi connectivity index (χ0) is 20.2. The lowest BCUT2D eigenvalue weighted by Crippen LogP contribution is -2.47. The molecule has 148 valence electrons. The number of aryl methyl sites for hydroxylation is 1. The third kappa shape index (κ3) is 4.18. The maximum atomic E-state index is 14.0. The van der Waals surface area contributed by atoms with Gasteiger partial charge in [0.2, 0.25) is 0 Å². The normalized spacial score (nSPS) is 14.0. The van der Waals surface area contributed by atoms with Crippen molar-refractivity contribution in [2.24, 2.45) is 0 Å². The zero-order valence-electron chi connectivity index (χ0n) is 16.2. The maximum Gasteiger partial charge on any atom is 0.276 e. The van der Waals surface area contributed by atoms with Gasteiger partial charge in [0, 0.05) is 31.9 Å². The monoisotopic (exact) mass is 391 g/mol. The molecular weight excluding hydrogens is 369 g/mol. The summed E-state index contributed by atoms with van der Waals surface area (Å²) in [6.45, 7) is 4.73. The van der Waals surface area contributed by atoms with Crippen LogP contribution in [0.5, 0.6) is 0 Å². The van der Waals surface area contributed by atoms with Gasteiger partial charge in [0.05, 0.1) is 5.69 Å². The number of aromatic nitrogens is 2. The van der Waals surface area contributed by atoms with Crippen molar-refractivity contribution in [1.82, 2.24) is 10.2 Å². The Hall–Kier alpha value is -3.48. The first-order valence-corrected chi connectivity index (χ1v) is 9.57. The van der Waals surface area contributed by atoms with Crippen LogP contribution in [0.2, 0.25) is 0 Å². The zero-order valence-corrected chi connectivity index (χ0v) is 16.2. The average Bonchev–Trinajstić information content (AvgIpc) is 2.76. The Morgan fingerprint density at radius 1 is 0.897 bits per heavy atom. The lowest BCUT2D eigenvalue weighted by atomic mass is 10.2. The first-order valence-electron chi connectivity index (χ1n) is 9.57. The second-order valence-electron chi connectivity index (χ2n) is 6.97. The minimum Gasteiger partial charge on any atom is -0.366 e. The van der Waals surface area contributed by atoms with E-state index in [4.69, 9.17) is 0 Å². The van der Waals surface area contributed by atoms with Gasteiger partial charge in [0.25, 0.3) is 5.91 Å². The third-order valence-electron chi connectivity index (χ3n) is 5.07. The van der Waals surface area contributed by atoms with Gasteiger partial charge in [-0.15, -0.1) is 10.2 Å². The molecule has 2 aromatic carbocycles. The van der Waals surface area contributed by atoms with Crippen molar-refractivity contribution >= 4 is 23.1 Å². The van der Waals surface area contributed by atoms with E-state index in [0.29, 0.717) is 37.7 Å². The van der Waals surface area contributed by atoms with Crippen LogP contribution >= 0.6 is 0 Å². The van der Waals surface area contributed by atoms with Crippen molar-refractivity contribution in [3.8, 4) is 0 Å². The Bertz CT molecular complexity index is 1000. The van der Waals surface area contributed by atoms with Crippen molar-refractivity contribution in [1.29, 1.82) is 0 Å². The Kier molecular flexibility index (Phi) is 5.37. The van der Waals surface area contributed by atoms with Gasteiger partial charge in [-0.1, -0.05) is 30.3 Å². The number of nitrogens with zero attached hydrogens (tertiary/aromatic N) is 4. The van der Waals surface area contributed by atoms with Crippen LogP contribution in [0.15, 0.2) is 60.7 Å². The Balaban J connectivity index is 1.38. The lowest BCUT2D eigenvalue weighted by molar-refractivity contribution is 0.102. The SMILES string of the molecule is Cc1ccccc1NC(=O)c1ccc(N2CCN(c3ccccc3F)CC2)nn1. The highest BCUT2D eigenvalue weighted by Crippen LogP contribution is 2.22. The summed E-state index contributed by atoms with van der Waals surface area (Å²) in [6, 6.07) is 17.9. The molecule has 1 aromatic heterocycles. The van der Waals surface area contributed by atoms with Crippen molar-refractivity contribution in [3.05, 3.63) is 77.7 Å². The van der Waals surface area contributed by atoms with Gasteiger partial charge in [-0.2, -0.15) is 0 Å². The minimum atomic E-state index is -0.289. The average molecular weight is 391 g/mol.